The highest BCUT2D eigenvalue weighted by Gasteiger charge is 2.18. The van der Waals surface area contributed by atoms with E-state index in [2.05, 4.69) is 11.6 Å². The molecule has 3 aromatic rings. The van der Waals surface area contributed by atoms with Crippen molar-refractivity contribution in [1.82, 2.24) is 8.87 Å². The molecule has 3 rings (SSSR count). The van der Waals surface area contributed by atoms with E-state index in [0.717, 1.165) is 15.6 Å². The molecule has 0 fully saturated rings. The van der Waals surface area contributed by atoms with Crippen LogP contribution in [0.5, 0.6) is 0 Å². The maximum Gasteiger partial charge on any atom is 0.279 e. The Hall–Kier alpha value is -2.64. The van der Waals surface area contributed by atoms with Crippen LogP contribution in [0.2, 0.25) is 0 Å². The van der Waals surface area contributed by atoms with Gasteiger partial charge in [0.25, 0.3) is 5.91 Å². The third-order valence-electron chi connectivity index (χ3n) is 4.37. The Morgan fingerprint density at radius 3 is 2.29 bits per heavy atom. The highest BCUT2D eigenvalue weighted by molar-refractivity contribution is 7.89. The fourth-order valence-corrected chi connectivity index (χ4v) is 5.35. The molecule has 0 aliphatic rings. The Morgan fingerprint density at radius 2 is 1.74 bits per heavy atom. The van der Waals surface area contributed by atoms with Gasteiger partial charge in [-0.05, 0) is 42.5 Å². The van der Waals surface area contributed by atoms with Crippen LogP contribution in [0.3, 0.4) is 0 Å². The number of amides is 1. The molecule has 0 bridgehead atoms. The van der Waals surface area contributed by atoms with Gasteiger partial charge < -0.3 is 4.57 Å². The van der Waals surface area contributed by atoms with Crippen molar-refractivity contribution in [2.45, 2.75) is 16.3 Å². The minimum atomic E-state index is -3.87. The van der Waals surface area contributed by atoms with Gasteiger partial charge in [0, 0.05) is 26.2 Å². The molecule has 0 saturated carbocycles. The number of benzene rings is 2. The van der Waals surface area contributed by atoms with E-state index in [4.69, 9.17) is 5.14 Å². The third-order valence-corrected chi connectivity index (χ3v) is 8.15. The Balaban J connectivity index is 2.07. The standard InChI is InChI=1S/C19H20N4O5S3/c1-4-11-23-16-10-9-15(30(20,25)26)12-17(16)29-19(23)21-18(24)13-5-7-14(8-6-13)31(27,28)22(2)3/h4-10,12H,1,11H2,2-3H3,(H2,20,25,26). The van der Waals surface area contributed by atoms with Crippen LogP contribution >= 0.6 is 11.3 Å². The molecule has 1 amide bonds. The van der Waals surface area contributed by atoms with E-state index in [1.807, 2.05) is 0 Å². The number of nitrogens with two attached hydrogens (primary N) is 1. The normalized spacial score (nSPS) is 13.1. The summed E-state index contributed by atoms with van der Waals surface area (Å²) < 4.78 is 51.0. The van der Waals surface area contributed by atoms with Crippen molar-refractivity contribution in [1.29, 1.82) is 0 Å². The summed E-state index contributed by atoms with van der Waals surface area (Å²) in [5.74, 6) is -0.565. The molecule has 31 heavy (non-hydrogen) atoms. The Bertz CT molecular complexity index is 1450. The van der Waals surface area contributed by atoms with Crippen molar-refractivity contribution in [3.05, 3.63) is 65.5 Å². The molecule has 1 heterocycles. The van der Waals surface area contributed by atoms with E-state index < -0.39 is 26.0 Å². The van der Waals surface area contributed by atoms with Crippen molar-refractivity contribution in [2.75, 3.05) is 14.1 Å². The van der Waals surface area contributed by atoms with Crippen molar-refractivity contribution in [3.63, 3.8) is 0 Å². The zero-order chi connectivity index (χ0) is 23.0. The lowest BCUT2D eigenvalue weighted by Crippen LogP contribution is -2.22. The van der Waals surface area contributed by atoms with Gasteiger partial charge in [0.1, 0.15) is 0 Å². The molecule has 2 aromatic carbocycles. The second-order valence-electron chi connectivity index (χ2n) is 6.69. The summed E-state index contributed by atoms with van der Waals surface area (Å²) in [5, 5.41) is 5.20. The summed E-state index contributed by atoms with van der Waals surface area (Å²) in [6, 6.07) is 9.90. The first-order valence-electron chi connectivity index (χ1n) is 8.84. The first kappa shape index (κ1) is 23.0. The predicted molar refractivity (Wildman–Crippen MR) is 119 cm³/mol. The third kappa shape index (κ3) is 4.67. The summed E-state index contributed by atoms with van der Waals surface area (Å²) in [4.78, 5) is 17.2. The molecule has 0 radical (unpaired) electrons. The molecule has 0 spiro atoms. The Morgan fingerprint density at radius 1 is 1.13 bits per heavy atom. The zero-order valence-electron chi connectivity index (χ0n) is 16.7. The number of rotatable bonds is 6. The molecule has 1 aromatic heterocycles. The first-order valence-corrected chi connectivity index (χ1v) is 12.6. The van der Waals surface area contributed by atoms with Gasteiger partial charge in [-0.2, -0.15) is 4.99 Å². The van der Waals surface area contributed by atoms with Crippen molar-refractivity contribution >= 4 is 47.5 Å². The summed E-state index contributed by atoms with van der Waals surface area (Å²) in [6.45, 7) is 4.05. The predicted octanol–water partition coefficient (Wildman–Crippen LogP) is 1.53. The summed E-state index contributed by atoms with van der Waals surface area (Å²) in [7, 11) is -4.64. The number of primary sulfonamides is 1. The van der Waals surface area contributed by atoms with Gasteiger partial charge in [0.05, 0.1) is 20.0 Å². The topological polar surface area (TPSA) is 132 Å². The highest BCUT2D eigenvalue weighted by atomic mass is 32.2. The maximum absolute atomic E-state index is 12.7. The molecular formula is C19H20N4O5S3. The van der Waals surface area contributed by atoms with Crippen LogP contribution in [0.4, 0.5) is 0 Å². The summed E-state index contributed by atoms with van der Waals surface area (Å²) in [6.07, 6.45) is 1.63. The number of carbonyl (C=O) groups excluding carboxylic acids is 1. The molecule has 12 heteroatoms. The van der Waals surface area contributed by atoms with Crippen LogP contribution < -0.4 is 9.94 Å². The fraction of sp³-hybridized carbons (Fsp3) is 0.158. The van der Waals surface area contributed by atoms with Crippen LogP contribution in [0, 0.1) is 0 Å². The number of fused-ring (bicyclic) bond motifs is 1. The lowest BCUT2D eigenvalue weighted by molar-refractivity contribution is 0.0997. The van der Waals surface area contributed by atoms with Gasteiger partial charge in [-0.15, -0.1) is 6.58 Å². The number of hydrogen-bond acceptors (Lipinski definition) is 6. The number of carbonyl (C=O) groups is 1. The Kier molecular flexibility index (Phi) is 6.30. The van der Waals surface area contributed by atoms with Gasteiger partial charge in [0.2, 0.25) is 20.0 Å². The molecule has 2 N–H and O–H groups in total. The molecular weight excluding hydrogens is 460 g/mol. The molecule has 0 aliphatic carbocycles. The number of aromatic nitrogens is 1. The highest BCUT2D eigenvalue weighted by Crippen LogP contribution is 2.21. The van der Waals surface area contributed by atoms with Crippen LogP contribution in [-0.2, 0) is 26.6 Å². The smallest absolute Gasteiger partial charge is 0.279 e. The molecule has 0 saturated heterocycles. The van der Waals surface area contributed by atoms with Gasteiger partial charge in [0.15, 0.2) is 4.80 Å². The molecule has 0 aliphatic heterocycles. The van der Waals surface area contributed by atoms with Crippen molar-refractivity contribution < 1.29 is 21.6 Å². The zero-order valence-corrected chi connectivity index (χ0v) is 19.2. The quantitative estimate of drug-likeness (QED) is 0.534. The second-order valence-corrected chi connectivity index (χ2v) is 11.4. The summed E-state index contributed by atoms with van der Waals surface area (Å²) >= 11 is 1.13. The largest absolute Gasteiger partial charge is 0.312 e. The number of sulfonamides is 2. The lowest BCUT2D eigenvalue weighted by Gasteiger charge is -2.11. The van der Waals surface area contributed by atoms with E-state index in [1.54, 1.807) is 16.7 Å². The lowest BCUT2D eigenvalue weighted by atomic mass is 10.2. The molecule has 164 valence electrons. The van der Waals surface area contributed by atoms with E-state index in [0.29, 0.717) is 21.6 Å². The maximum atomic E-state index is 12.7. The number of thiazole rings is 1. The minimum absolute atomic E-state index is 0.0393. The molecule has 9 nitrogen and oxygen atoms in total. The van der Waals surface area contributed by atoms with Gasteiger partial charge >= 0.3 is 0 Å². The van der Waals surface area contributed by atoms with Crippen LogP contribution in [0.1, 0.15) is 10.4 Å². The van der Waals surface area contributed by atoms with E-state index in [-0.39, 0.29) is 15.4 Å². The van der Waals surface area contributed by atoms with E-state index in [9.17, 15) is 21.6 Å². The van der Waals surface area contributed by atoms with E-state index in [1.165, 1.54) is 50.5 Å². The minimum Gasteiger partial charge on any atom is -0.312 e. The van der Waals surface area contributed by atoms with Crippen LogP contribution in [0.25, 0.3) is 10.2 Å². The number of hydrogen-bond donors (Lipinski definition) is 1. The molecule has 0 atom stereocenters. The van der Waals surface area contributed by atoms with Crippen LogP contribution in [0.15, 0.2) is 69.9 Å². The van der Waals surface area contributed by atoms with Gasteiger partial charge in [-0.25, -0.2) is 26.3 Å². The second kappa shape index (κ2) is 8.48. The molecule has 0 unspecified atom stereocenters. The SMILES string of the molecule is C=CCn1c(=NC(=O)c2ccc(S(=O)(=O)N(C)C)cc2)sc2cc(S(N)(=O)=O)ccc21. The Labute approximate surface area is 183 Å². The first-order chi connectivity index (χ1) is 14.4. The number of nitrogens with zero attached hydrogens (tertiary/aromatic N) is 3. The summed E-state index contributed by atoms with van der Waals surface area (Å²) in [5.41, 5.74) is 0.891. The van der Waals surface area contributed by atoms with Crippen LogP contribution in [-0.4, -0.2) is 45.7 Å². The van der Waals surface area contributed by atoms with Crippen molar-refractivity contribution in [3.8, 4) is 0 Å². The fourth-order valence-electron chi connectivity index (χ4n) is 2.75. The van der Waals surface area contributed by atoms with Gasteiger partial charge in [-0.3, -0.25) is 4.79 Å². The van der Waals surface area contributed by atoms with E-state index >= 15 is 0 Å². The number of allylic oxidation sites excluding steroid dienone is 1. The van der Waals surface area contributed by atoms with Gasteiger partial charge in [-0.1, -0.05) is 17.4 Å². The average molecular weight is 481 g/mol. The van der Waals surface area contributed by atoms with Crippen molar-refractivity contribution in [2.24, 2.45) is 10.1 Å². The average Bonchev–Trinajstić information content (AvgIpc) is 3.04. The monoisotopic (exact) mass is 480 g/mol.